The molecule has 1 amide bonds. The molecule has 1 saturated carbocycles. The summed E-state index contributed by atoms with van der Waals surface area (Å²) in [6, 6.07) is 3.99. The van der Waals surface area contributed by atoms with Crippen molar-refractivity contribution in [1.82, 2.24) is 4.90 Å². The fraction of sp³-hybridized carbons (Fsp3) is 0.357. The van der Waals surface area contributed by atoms with E-state index in [2.05, 4.69) is 5.92 Å². The lowest BCUT2D eigenvalue weighted by Crippen LogP contribution is -2.33. The Labute approximate surface area is 106 Å². The van der Waals surface area contributed by atoms with Crippen molar-refractivity contribution in [2.75, 3.05) is 18.8 Å². The highest BCUT2D eigenvalue weighted by Crippen LogP contribution is 2.30. The van der Waals surface area contributed by atoms with Crippen molar-refractivity contribution in [3.8, 4) is 12.3 Å². The summed E-state index contributed by atoms with van der Waals surface area (Å²) < 4.78 is 13.0. The van der Waals surface area contributed by atoms with Crippen LogP contribution >= 0.6 is 0 Å². The van der Waals surface area contributed by atoms with E-state index in [1.165, 1.54) is 18.2 Å². The monoisotopic (exact) mass is 246 g/mol. The molecule has 0 atom stereocenters. The standard InChI is InChI=1S/C14H15FN2O/c1-2-7-17(9-10-3-4-10)14(18)11-5-6-12(15)13(16)8-11/h1,5-6,8,10H,3-4,7,9,16H2. The van der Waals surface area contributed by atoms with Gasteiger partial charge in [-0.2, -0.15) is 0 Å². The number of halogens is 1. The van der Waals surface area contributed by atoms with Gasteiger partial charge in [0.1, 0.15) is 5.82 Å². The maximum Gasteiger partial charge on any atom is 0.254 e. The van der Waals surface area contributed by atoms with Crippen molar-refractivity contribution in [3.05, 3.63) is 29.6 Å². The Balaban J connectivity index is 2.15. The van der Waals surface area contributed by atoms with Crippen LogP contribution in [0.3, 0.4) is 0 Å². The van der Waals surface area contributed by atoms with Crippen molar-refractivity contribution in [1.29, 1.82) is 0 Å². The summed E-state index contributed by atoms with van der Waals surface area (Å²) >= 11 is 0. The molecule has 0 heterocycles. The molecule has 1 aromatic rings. The van der Waals surface area contributed by atoms with Crippen LogP contribution in [-0.4, -0.2) is 23.9 Å². The SMILES string of the molecule is C#CCN(CC1CC1)C(=O)c1ccc(F)c(N)c1. The van der Waals surface area contributed by atoms with Crippen molar-refractivity contribution >= 4 is 11.6 Å². The average molecular weight is 246 g/mol. The smallest absolute Gasteiger partial charge is 0.254 e. The lowest BCUT2D eigenvalue weighted by atomic mass is 10.1. The van der Waals surface area contributed by atoms with Gasteiger partial charge < -0.3 is 10.6 Å². The van der Waals surface area contributed by atoms with Gasteiger partial charge in [-0.3, -0.25) is 4.79 Å². The van der Waals surface area contributed by atoms with E-state index in [0.29, 0.717) is 18.0 Å². The quantitative estimate of drug-likeness (QED) is 0.651. The largest absolute Gasteiger partial charge is 0.396 e. The number of rotatable bonds is 4. The first-order valence-electron chi connectivity index (χ1n) is 5.89. The van der Waals surface area contributed by atoms with Crippen LogP contribution in [0.2, 0.25) is 0 Å². The van der Waals surface area contributed by atoms with E-state index >= 15 is 0 Å². The third-order valence-electron chi connectivity index (χ3n) is 2.99. The number of nitrogens with zero attached hydrogens (tertiary/aromatic N) is 1. The molecule has 2 N–H and O–H groups in total. The van der Waals surface area contributed by atoms with Crippen molar-refractivity contribution in [2.45, 2.75) is 12.8 Å². The Morgan fingerprint density at radius 2 is 2.28 bits per heavy atom. The highest BCUT2D eigenvalue weighted by molar-refractivity contribution is 5.95. The normalized spacial score (nSPS) is 14.0. The third-order valence-corrected chi connectivity index (χ3v) is 2.99. The fourth-order valence-electron chi connectivity index (χ4n) is 1.80. The molecule has 0 bridgehead atoms. The van der Waals surface area contributed by atoms with Gasteiger partial charge in [0.15, 0.2) is 0 Å². The molecule has 1 aromatic carbocycles. The van der Waals surface area contributed by atoms with E-state index in [4.69, 9.17) is 12.2 Å². The molecular weight excluding hydrogens is 231 g/mol. The number of hydrogen-bond donors (Lipinski definition) is 1. The Hall–Kier alpha value is -2.02. The predicted molar refractivity (Wildman–Crippen MR) is 68.3 cm³/mol. The number of carbonyl (C=O) groups excluding carboxylic acids is 1. The van der Waals surface area contributed by atoms with Gasteiger partial charge in [0, 0.05) is 12.1 Å². The number of anilines is 1. The first-order valence-corrected chi connectivity index (χ1v) is 5.89. The summed E-state index contributed by atoms with van der Waals surface area (Å²) in [4.78, 5) is 13.8. The minimum atomic E-state index is -0.516. The number of carbonyl (C=O) groups is 1. The van der Waals surface area contributed by atoms with Gasteiger partial charge >= 0.3 is 0 Å². The predicted octanol–water partition coefficient (Wildman–Crippen LogP) is 1.89. The second-order valence-corrected chi connectivity index (χ2v) is 4.57. The topological polar surface area (TPSA) is 46.3 Å². The van der Waals surface area contributed by atoms with Gasteiger partial charge in [-0.25, -0.2) is 4.39 Å². The second kappa shape index (κ2) is 5.09. The van der Waals surface area contributed by atoms with Crippen molar-refractivity contribution in [2.24, 2.45) is 5.92 Å². The van der Waals surface area contributed by atoms with E-state index < -0.39 is 5.82 Å². The zero-order chi connectivity index (χ0) is 13.1. The zero-order valence-corrected chi connectivity index (χ0v) is 10.0. The van der Waals surface area contributed by atoms with E-state index in [0.717, 1.165) is 12.8 Å². The molecule has 1 aliphatic rings. The van der Waals surface area contributed by atoms with Gasteiger partial charge in [0.25, 0.3) is 5.91 Å². The van der Waals surface area contributed by atoms with Crippen LogP contribution in [0.1, 0.15) is 23.2 Å². The Morgan fingerprint density at radius 1 is 1.56 bits per heavy atom. The molecule has 0 spiro atoms. The zero-order valence-electron chi connectivity index (χ0n) is 10.0. The first kappa shape index (κ1) is 12.4. The van der Waals surface area contributed by atoms with Gasteiger partial charge in [0.05, 0.1) is 12.2 Å². The van der Waals surface area contributed by atoms with Crippen molar-refractivity contribution in [3.63, 3.8) is 0 Å². The molecule has 0 aromatic heterocycles. The lowest BCUT2D eigenvalue weighted by molar-refractivity contribution is 0.0770. The van der Waals surface area contributed by atoms with E-state index in [9.17, 15) is 9.18 Å². The Kier molecular flexibility index (Phi) is 3.52. The third kappa shape index (κ3) is 2.80. The maximum absolute atomic E-state index is 13.0. The Morgan fingerprint density at radius 3 is 2.83 bits per heavy atom. The summed E-state index contributed by atoms with van der Waals surface area (Å²) in [7, 11) is 0. The number of nitrogens with two attached hydrogens (primary N) is 1. The minimum absolute atomic E-state index is 0.0204. The van der Waals surface area contributed by atoms with Crippen LogP contribution in [0.5, 0.6) is 0 Å². The minimum Gasteiger partial charge on any atom is -0.396 e. The molecule has 1 fully saturated rings. The summed E-state index contributed by atoms with van der Waals surface area (Å²) in [6.07, 6.45) is 7.54. The van der Waals surface area contributed by atoms with Crippen LogP contribution in [0.25, 0.3) is 0 Å². The van der Waals surface area contributed by atoms with E-state index in [-0.39, 0.29) is 18.1 Å². The van der Waals surface area contributed by atoms with Gasteiger partial charge in [-0.15, -0.1) is 6.42 Å². The molecule has 18 heavy (non-hydrogen) atoms. The number of amides is 1. The van der Waals surface area contributed by atoms with Gasteiger partial charge in [-0.1, -0.05) is 5.92 Å². The number of benzene rings is 1. The molecule has 3 nitrogen and oxygen atoms in total. The summed E-state index contributed by atoms with van der Waals surface area (Å²) in [5.41, 5.74) is 5.82. The average Bonchev–Trinajstić information content (AvgIpc) is 3.15. The van der Waals surface area contributed by atoms with Crippen LogP contribution < -0.4 is 5.73 Å². The van der Waals surface area contributed by atoms with Crippen LogP contribution in [0.4, 0.5) is 10.1 Å². The first-order chi connectivity index (χ1) is 8.61. The lowest BCUT2D eigenvalue weighted by Gasteiger charge is -2.20. The molecule has 94 valence electrons. The van der Waals surface area contributed by atoms with Crippen LogP contribution in [-0.2, 0) is 0 Å². The molecule has 4 heteroatoms. The molecular formula is C14H15FN2O. The summed E-state index contributed by atoms with van der Waals surface area (Å²) in [6.45, 7) is 0.937. The van der Waals surface area contributed by atoms with E-state index in [1.54, 1.807) is 4.90 Å². The number of hydrogen-bond acceptors (Lipinski definition) is 2. The van der Waals surface area contributed by atoms with Crippen molar-refractivity contribution < 1.29 is 9.18 Å². The van der Waals surface area contributed by atoms with E-state index in [1.807, 2.05) is 0 Å². The second-order valence-electron chi connectivity index (χ2n) is 4.57. The van der Waals surface area contributed by atoms with Crippen LogP contribution in [0, 0.1) is 24.1 Å². The van der Waals surface area contributed by atoms with Gasteiger partial charge in [-0.05, 0) is 37.0 Å². The highest BCUT2D eigenvalue weighted by atomic mass is 19.1. The molecule has 1 aliphatic carbocycles. The highest BCUT2D eigenvalue weighted by Gasteiger charge is 2.27. The maximum atomic E-state index is 13.0. The molecule has 0 saturated heterocycles. The molecule has 0 radical (unpaired) electrons. The number of terminal acetylenes is 1. The van der Waals surface area contributed by atoms with Crippen LogP contribution in [0.15, 0.2) is 18.2 Å². The summed E-state index contributed by atoms with van der Waals surface area (Å²) in [5.74, 6) is 2.33. The molecule has 0 unspecified atom stereocenters. The molecule has 0 aliphatic heterocycles. The molecule has 2 rings (SSSR count). The Bertz CT molecular complexity index is 503. The summed E-state index contributed by atoms with van der Waals surface area (Å²) in [5, 5.41) is 0. The fourth-order valence-corrected chi connectivity index (χ4v) is 1.80. The number of nitrogen functional groups attached to an aromatic ring is 1. The van der Waals surface area contributed by atoms with Gasteiger partial charge in [0.2, 0.25) is 0 Å².